The summed E-state index contributed by atoms with van der Waals surface area (Å²) < 4.78 is 24.7. The van der Waals surface area contributed by atoms with Crippen LogP contribution >= 0.6 is 11.8 Å². The number of rotatable bonds is 6. The van der Waals surface area contributed by atoms with Crippen LogP contribution in [0.25, 0.3) is 0 Å². The van der Waals surface area contributed by atoms with Gasteiger partial charge in [-0.3, -0.25) is 4.79 Å². The van der Waals surface area contributed by atoms with Crippen LogP contribution in [0.3, 0.4) is 0 Å². The van der Waals surface area contributed by atoms with Gasteiger partial charge in [0.2, 0.25) is 0 Å². The molecule has 0 spiro atoms. The first-order valence-electron chi connectivity index (χ1n) is 13.0. The highest BCUT2D eigenvalue weighted by atomic mass is 32.2. The molecule has 0 radical (unpaired) electrons. The lowest BCUT2D eigenvalue weighted by molar-refractivity contribution is -0.121. The normalized spacial score (nSPS) is 25.8. The number of amides is 1. The maximum Gasteiger partial charge on any atom is 0.250 e. The molecule has 3 aliphatic heterocycles. The van der Waals surface area contributed by atoms with Crippen LogP contribution in [-0.4, -0.2) is 55.4 Å². The number of hydrogen-bond donors (Lipinski definition) is 0. The third kappa shape index (κ3) is 5.49. The Kier molecular flexibility index (Phi) is 7.45. The van der Waals surface area contributed by atoms with Gasteiger partial charge in [-0.2, -0.15) is 4.99 Å². The van der Waals surface area contributed by atoms with E-state index in [2.05, 4.69) is 64.5 Å². The molecule has 3 heterocycles. The first kappa shape index (κ1) is 25.3. The molecule has 2 aromatic rings. The van der Waals surface area contributed by atoms with E-state index >= 15 is 0 Å². The molecule has 0 N–H and O–H groups in total. The predicted molar refractivity (Wildman–Crippen MR) is 150 cm³/mol. The second-order valence-corrected chi connectivity index (χ2v) is 13.7. The van der Waals surface area contributed by atoms with E-state index < -0.39 is 9.84 Å². The zero-order valence-electron chi connectivity index (χ0n) is 21.0. The lowest BCUT2D eigenvalue weighted by Crippen LogP contribution is -2.38. The Labute approximate surface area is 219 Å². The van der Waals surface area contributed by atoms with Gasteiger partial charge in [0.25, 0.3) is 5.91 Å². The number of carbonyl (C=O) groups excluding carboxylic acids is 1. The summed E-state index contributed by atoms with van der Waals surface area (Å²) in [5.74, 6) is 0.690. The van der Waals surface area contributed by atoms with Crippen molar-refractivity contribution in [1.29, 1.82) is 0 Å². The van der Waals surface area contributed by atoms with E-state index in [1.54, 1.807) is 0 Å². The Morgan fingerprint density at radius 3 is 2.36 bits per heavy atom. The van der Waals surface area contributed by atoms with Gasteiger partial charge in [-0.05, 0) is 61.4 Å². The van der Waals surface area contributed by atoms with Crippen molar-refractivity contribution in [3.05, 3.63) is 60.2 Å². The van der Waals surface area contributed by atoms with Crippen LogP contribution in [0.5, 0.6) is 0 Å². The third-order valence-corrected chi connectivity index (χ3v) is 11.0. The van der Waals surface area contributed by atoms with Crippen molar-refractivity contribution in [1.82, 2.24) is 0 Å². The molecule has 0 saturated carbocycles. The Hall–Kier alpha value is -2.32. The van der Waals surface area contributed by atoms with Gasteiger partial charge >= 0.3 is 0 Å². The van der Waals surface area contributed by atoms with Gasteiger partial charge < -0.3 is 9.80 Å². The molecule has 0 unspecified atom stereocenters. The maximum absolute atomic E-state index is 12.6. The van der Waals surface area contributed by atoms with Crippen LogP contribution in [0.2, 0.25) is 0 Å². The van der Waals surface area contributed by atoms with Gasteiger partial charge in [0.05, 0.1) is 17.5 Å². The molecule has 3 fully saturated rings. The average Bonchev–Trinajstić information content (AvgIpc) is 3.35. The number of fused-ring (bicyclic) bond motifs is 1. The number of sulfone groups is 1. The summed E-state index contributed by atoms with van der Waals surface area (Å²) in [6, 6.07) is 18.9. The van der Waals surface area contributed by atoms with Gasteiger partial charge in [-0.1, -0.05) is 55.9 Å². The van der Waals surface area contributed by atoms with E-state index in [0.717, 1.165) is 31.6 Å². The number of benzene rings is 2. The van der Waals surface area contributed by atoms with Crippen molar-refractivity contribution in [2.24, 2.45) is 16.8 Å². The van der Waals surface area contributed by atoms with Gasteiger partial charge in [-0.25, -0.2) is 8.42 Å². The van der Waals surface area contributed by atoms with Gasteiger partial charge in [0.1, 0.15) is 0 Å². The fourth-order valence-electron chi connectivity index (χ4n) is 5.41. The first-order chi connectivity index (χ1) is 17.3. The molecule has 6 nitrogen and oxygen atoms in total. The highest BCUT2D eigenvalue weighted by Crippen LogP contribution is 2.41. The molecule has 0 bridgehead atoms. The van der Waals surface area contributed by atoms with Gasteiger partial charge in [0.15, 0.2) is 15.0 Å². The minimum Gasteiger partial charge on any atom is -0.372 e. The van der Waals surface area contributed by atoms with Crippen LogP contribution in [-0.2, 0) is 21.1 Å². The monoisotopic (exact) mass is 525 g/mol. The zero-order chi connectivity index (χ0) is 25.3. The van der Waals surface area contributed by atoms with Gasteiger partial charge in [0, 0.05) is 35.6 Å². The lowest BCUT2D eigenvalue weighted by atomic mass is 9.90. The van der Waals surface area contributed by atoms with Crippen molar-refractivity contribution < 1.29 is 13.2 Å². The molecule has 36 heavy (non-hydrogen) atoms. The number of piperidine rings is 1. The molecule has 3 aliphatic rings. The molecular formula is C28H35N3O3S2. The summed E-state index contributed by atoms with van der Waals surface area (Å²) in [5.41, 5.74) is 3.51. The molecule has 2 aromatic carbocycles. The van der Waals surface area contributed by atoms with Crippen LogP contribution in [0.15, 0.2) is 59.6 Å². The highest BCUT2D eigenvalue weighted by molar-refractivity contribution is 8.16. The van der Waals surface area contributed by atoms with E-state index in [9.17, 15) is 13.2 Å². The second-order valence-electron chi connectivity index (χ2n) is 10.3. The van der Waals surface area contributed by atoms with Crippen LogP contribution in [0, 0.1) is 11.8 Å². The topological polar surface area (TPSA) is 70.0 Å². The minimum absolute atomic E-state index is 0.0817. The summed E-state index contributed by atoms with van der Waals surface area (Å²) in [6.07, 6.45) is 4.23. The minimum atomic E-state index is -3.08. The number of hydrogen-bond acceptors (Lipinski definition) is 5. The van der Waals surface area contributed by atoms with Crippen molar-refractivity contribution in [3.8, 4) is 0 Å². The molecular weight excluding hydrogens is 490 g/mol. The Bertz CT molecular complexity index is 1210. The number of carbonyl (C=O) groups is 1. The Balaban J connectivity index is 1.29. The molecule has 0 aliphatic carbocycles. The largest absolute Gasteiger partial charge is 0.372 e. The van der Waals surface area contributed by atoms with Crippen molar-refractivity contribution in [3.63, 3.8) is 0 Å². The first-order valence-corrected chi connectivity index (χ1v) is 15.7. The Morgan fingerprint density at radius 2 is 1.69 bits per heavy atom. The summed E-state index contributed by atoms with van der Waals surface area (Å²) in [5, 5.41) is 0.557. The fourth-order valence-corrected chi connectivity index (χ4v) is 9.33. The summed E-state index contributed by atoms with van der Waals surface area (Å²) in [4.78, 5) is 21.5. The van der Waals surface area contributed by atoms with E-state index in [4.69, 9.17) is 0 Å². The lowest BCUT2D eigenvalue weighted by Gasteiger charge is -2.34. The molecule has 192 valence electrons. The number of amidine groups is 1. The number of aliphatic imine (C=N–C) groups is 1. The number of nitrogens with zero attached hydrogens (tertiary/aromatic N) is 3. The van der Waals surface area contributed by atoms with E-state index in [-0.39, 0.29) is 34.6 Å². The summed E-state index contributed by atoms with van der Waals surface area (Å²) >= 11 is 1.44. The smallest absolute Gasteiger partial charge is 0.250 e. The quantitative estimate of drug-likeness (QED) is 0.540. The van der Waals surface area contributed by atoms with Crippen LogP contribution in [0.1, 0.15) is 38.7 Å². The SMILES string of the molecule is CC[C@H](C)C(=O)N=C1S[C@@H]2CS(=O)(=O)C[C@@H]2N1c1ccc(N2CCC(Cc3ccccc3)CC2)cc1. The second kappa shape index (κ2) is 10.6. The molecule has 5 rings (SSSR count). The van der Waals surface area contributed by atoms with E-state index in [1.165, 1.54) is 35.9 Å². The van der Waals surface area contributed by atoms with Crippen molar-refractivity contribution >= 4 is 44.0 Å². The number of anilines is 2. The van der Waals surface area contributed by atoms with Gasteiger partial charge in [-0.15, -0.1) is 0 Å². The van der Waals surface area contributed by atoms with Crippen LogP contribution in [0.4, 0.5) is 11.4 Å². The Morgan fingerprint density at radius 1 is 1.03 bits per heavy atom. The summed E-state index contributed by atoms with van der Waals surface area (Å²) in [7, 11) is -3.08. The molecule has 0 aromatic heterocycles. The van der Waals surface area contributed by atoms with Crippen LogP contribution < -0.4 is 9.80 Å². The summed E-state index contributed by atoms with van der Waals surface area (Å²) in [6.45, 7) is 5.94. The highest BCUT2D eigenvalue weighted by Gasteiger charge is 2.49. The predicted octanol–water partition coefficient (Wildman–Crippen LogP) is 4.79. The number of thioether (sulfide) groups is 1. The fraction of sp³-hybridized carbons (Fsp3) is 0.500. The standard InChI is InChI=1S/C28H35N3O3S2/c1-3-20(2)27(32)29-28-31(25-18-36(33,34)19-26(25)35-28)24-11-9-23(10-12-24)30-15-13-22(14-16-30)17-21-7-5-4-6-8-21/h4-12,20,22,25-26H,3,13-19H2,1-2H3/t20-,25-,26+/m0/s1. The molecule has 3 saturated heterocycles. The van der Waals surface area contributed by atoms with E-state index in [1.807, 2.05) is 18.7 Å². The average molecular weight is 526 g/mol. The molecule has 3 atom stereocenters. The molecule has 8 heteroatoms. The third-order valence-electron chi connectivity index (χ3n) is 7.78. The maximum atomic E-state index is 12.6. The van der Waals surface area contributed by atoms with E-state index in [0.29, 0.717) is 11.1 Å². The van der Waals surface area contributed by atoms with Crippen molar-refractivity contribution in [2.45, 2.75) is 50.8 Å². The van der Waals surface area contributed by atoms with Crippen molar-refractivity contribution in [2.75, 3.05) is 34.4 Å². The zero-order valence-corrected chi connectivity index (χ0v) is 22.7. The molecule has 1 amide bonds.